The van der Waals surface area contributed by atoms with Crippen LogP contribution in [0.1, 0.15) is 43.2 Å². The fraction of sp³-hybridized carbons (Fsp3) is 0.733. The summed E-state index contributed by atoms with van der Waals surface area (Å²) in [5.41, 5.74) is 0.956. The molecule has 21 heavy (non-hydrogen) atoms. The number of rotatable bonds is 7. The third kappa shape index (κ3) is 3.72. The van der Waals surface area contributed by atoms with E-state index < -0.39 is 0 Å². The zero-order valence-corrected chi connectivity index (χ0v) is 14.9. The van der Waals surface area contributed by atoms with E-state index in [2.05, 4.69) is 25.1 Å². The Labute approximate surface area is 135 Å². The zero-order valence-electron chi connectivity index (χ0n) is 13.2. The van der Waals surface area contributed by atoms with Crippen LogP contribution in [0.4, 0.5) is 5.13 Å². The van der Waals surface area contributed by atoms with Crippen molar-refractivity contribution in [3.05, 3.63) is 10.6 Å². The first-order valence-corrected chi connectivity index (χ1v) is 9.67. The first kappa shape index (κ1) is 16.6. The predicted molar refractivity (Wildman–Crippen MR) is 90.7 cm³/mol. The third-order valence-electron chi connectivity index (χ3n) is 3.98. The highest BCUT2D eigenvalue weighted by Crippen LogP contribution is 2.40. The molecule has 1 aliphatic rings. The first-order valence-electron chi connectivity index (χ1n) is 7.46. The maximum absolute atomic E-state index is 12.0. The Hall–Kier alpha value is -0.750. The van der Waals surface area contributed by atoms with Crippen LogP contribution >= 0.6 is 23.1 Å². The van der Waals surface area contributed by atoms with E-state index in [0.29, 0.717) is 12.6 Å². The molecule has 0 saturated carbocycles. The topological polar surface area (TPSA) is 42.4 Å². The van der Waals surface area contributed by atoms with E-state index in [1.165, 1.54) is 4.88 Å². The van der Waals surface area contributed by atoms with Crippen LogP contribution in [0.15, 0.2) is 0 Å². The summed E-state index contributed by atoms with van der Waals surface area (Å²) in [5, 5.41) is 1.03. The SMILES string of the molecule is CCOC(=O)C1CCc2sc(N(C)C(C)CCSC)nc21. The van der Waals surface area contributed by atoms with E-state index in [4.69, 9.17) is 9.72 Å². The van der Waals surface area contributed by atoms with Gasteiger partial charge in [0.2, 0.25) is 0 Å². The molecule has 0 N–H and O–H groups in total. The zero-order chi connectivity index (χ0) is 15.4. The van der Waals surface area contributed by atoms with Gasteiger partial charge >= 0.3 is 5.97 Å². The first-order chi connectivity index (χ1) is 10.1. The number of thiazole rings is 1. The average molecular weight is 329 g/mol. The number of carbonyl (C=O) groups excluding carboxylic acids is 1. The number of thioether (sulfide) groups is 1. The molecule has 4 nitrogen and oxygen atoms in total. The molecule has 0 radical (unpaired) electrons. The summed E-state index contributed by atoms with van der Waals surface area (Å²) in [5.74, 6) is 0.883. The molecule has 1 aliphatic carbocycles. The molecule has 0 aromatic carbocycles. The molecule has 6 heteroatoms. The van der Waals surface area contributed by atoms with Crippen LogP contribution in [0.3, 0.4) is 0 Å². The van der Waals surface area contributed by atoms with Gasteiger partial charge < -0.3 is 9.64 Å². The van der Waals surface area contributed by atoms with Crippen LogP contribution < -0.4 is 4.90 Å². The van der Waals surface area contributed by atoms with Crippen LogP contribution in [-0.4, -0.2) is 42.7 Å². The minimum Gasteiger partial charge on any atom is -0.465 e. The Balaban J connectivity index is 2.08. The minimum atomic E-state index is -0.153. The summed E-state index contributed by atoms with van der Waals surface area (Å²) < 4.78 is 5.16. The van der Waals surface area contributed by atoms with Crippen molar-refractivity contribution in [2.45, 2.75) is 45.1 Å². The van der Waals surface area contributed by atoms with Crippen LogP contribution in [0.2, 0.25) is 0 Å². The largest absolute Gasteiger partial charge is 0.465 e. The van der Waals surface area contributed by atoms with Gasteiger partial charge in [0.25, 0.3) is 0 Å². The number of aromatic nitrogens is 1. The van der Waals surface area contributed by atoms with Crippen molar-refractivity contribution in [2.75, 3.05) is 30.6 Å². The normalized spacial score (nSPS) is 18.4. The standard InChI is InChI=1S/C15H24N2O2S2/c1-5-19-14(18)11-6-7-12-13(11)16-15(21-12)17(3)10(2)8-9-20-4/h10-11H,5-9H2,1-4H3. The van der Waals surface area contributed by atoms with Gasteiger partial charge in [-0.2, -0.15) is 11.8 Å². The van der Waals surface area contributed by atoms with Crippen molar-refractivity contribution in [2.24, 2.45) is 0 Å². The highest BCUT2D eigenvalue weighted by molar-refractivity contribution is 7.98. The number of aryl methyl sites for hydroxylation is 1. The van der Waals surface area contributed by atoms with E-state index >= 15 is 0 Å². The molecule has 1 heterocycles. The predicted octanol–water partition coefficient (Wildman–Crippen LogP) is 3.31. The van der Waals surface area contributed by atoms with E-state index in [0.717, 1.165) is 35.8 Å². The van der Waals surface area contributed by atoms with Gasteiger partial charge in [-0.15, -0.1) is 11.3 Å². The van der Waals surface area contributed by atoms with Crippen LogP contribution in [0.25, 0.3) is 0 Å². The Bertz CT molecular complexity index is 490. The van der Waals surface area contributed by atoms with Crippen molar-refractivity contribution in [1.82, 2.24) is 4.98 Å². The monoisotopic (exact) mass is 328 g/mol. The average Bonchev–Trinajstić information content (AvgIpc) is 3.03. The smallest absolute Gasteiger partial charge is 0.315 e. The van der Waals surface area contributed by atoms with E-state index in [1.54, 1.807) is 11.3 Å². The third-order valence-corrected chi connectivity index (χ3v) is 5.85. The maximum Gasteiger partial charge on any atom is 0.315 e. The summed E-state index contributed by atoms with van der Waals surface area (Å²) in [6, 6.07) is 0.463. The molecule has 1 aromatic rings. The lowest BCUT2D eigenvalue weighted by Crippen LogP contribution is -2.29. The number of hydrogen-bond acceptors (Lipinski definition) is 6. The summed E-state index contributed by atoms with van der Waals surface area (Å²) in [6.45, 7) is 4.51. The highest BCUT2D eigenvalue weighted by Gasteiger charge is 2.34. The number of anilines is 1. The van der Waals surface area contributed by atoms with Crippen molar-refractivity contribution in [1.29, 1.82) is 0 Å². The highest BCUT2D eigenvalue weighted by atomic mass is 32.2. The van der Waals surface area contributed by atoms with Gasteiger partial charge in [0.15, 0.2) is 5.13 Å². The minimum absolute atomic E-state index is 0.119. The van der Waals surface area contributed by atoms with Crippen LogP contribution in [0, 0.1) is 0 Å². The molecule has 0 spiro atoms. The lowest BCUT2D eigenvalue weighted by molar-refractivity contribution is -0.145. The molecule has 0 fully saturated rings. The van der Waals surface area contributed by atoms with Gasteiger partial charge in [0.1, 0.15) is 5.92 Å². The van der Waals surface area contributed by atoms with Crippen molar-refractivity contribution < 1.29 is 9.53 Å². The number of hydrogen-bond donors (Lipinski definition) is 0. The van der Waals surface area contributed by atoms with Gasteiger partial charge in [-0.05, 0) is 45.1 Å². The number of esters is 1. The number of fused-ring (bicyclic) bond motifs is 1. The second kappa shape index (κ2) is 7.49. The van der Waals surface area contributed by atoms with Crippen molar-refractivity contribution >= 4 is 34.2 Å². The Morgan fingerprint density at radius 3 is 3.05 bits per heavy atom. The van der Waals surface area contributed by atoms with Crippen LogP contribution in [0.5, 0.6) is 0 Å². The Morgan fingerprint density at radius 2 is 2.38 bits per heavy atom. The fourth-order valence-electron chi connectivity index (χ4n) is 2.51. The van der Waals surface area contributed by atoms with Crippen molar-refractivity contribution in [3.63, 3.8) is 0 Å². The molecule has 0 saturated heterocycles. The fourth-order valence-corrected chi connectivity index (χ4v) is 4.29. The Morgan fingerprint density at radius 1 is 1.62 bits per heavy atom. The molecule has 0 amide bonds. The molecule has 2 rings (SSSR count). The summed E-state index contributed by atoms with van der Waals surface area (Å²) in [4.78, 5) is 20.2. The molecule has 2 unspecified atom stereocenters. The van der Waals surface area contributed by atoms with Gasteiger partial charge in [-0.3, -0.25) is 4.79 Å². The maximum atomic E-state index is 12.0. The van der Waals surface area contributed by atoms with Crippen LogP contribution in [-0.2, 0) is 16.0 Å². The van der Waals surface area contributed by atoms with Gasteiger partial charge in [-0.25, -0.2) is 4.98 Å². The molecule has 118 valence electrons. The van der Waals surface area contributed by atoms with E-state index in [-0.39, 0.29) is 11.9 Å². The lowest BCUT2D eigenvalue weighted by atomic mass is 10.1. The molecule has 0 bridgehead atoms. The molecular formula is C15H24N2O2S2. The lowest BCUT2D eigenvalue weighted by Gasteiger charge is -2.24. The molecule has 1 aromatic heterocycles. The summed E-state index contributed by atoms with van der Waals surface area (Å²) in [7, 11) is 2.10. The van der Waals surface area contributed by atoms with Gasteiger partial charge in [0.05, 0.1) is 12.3 Å². The van der Waals surface area contributed by atoms with Gasteiger partial charge in [-0.1, -0.05) is 0 Å². The van der Waals surface area contributed by atoms with Crippen molar-refractivity contribution in [3.8, 4) is 0 Å². The second-order valence-electron chi connectivity index (χ2n) is 5.39. The molecule has 0 aliphatic heterocycles. The number of carbonyl (C=O) groups is 1. The quantitative estimate of drug-likeness (QED) is 0.718. The second-order valence-corrected chi connectivity index (χ2v) is 7.44. The molecule has 2 atom stereocenters. The molecular weight excluding hydrogens is 304 g/mol. The van der Waals surface area contributed by atoms with E-state index in [1.807, 2.05) is 18.7 Å². The number of nitrogens with zero attached hydrogens (tertiary/aromatic N) is 2. The van der Waals surface area contributed by atoms with E-state index in [9.17, 15) is 4.79 Å². The Kier molecular flexibility index (Phi) is 5.93. The summed E-state index contributed by atoms with van der Waals surface area (Å²) in [6.07, 6.45) is 5.07. The number of ether oxygens (including phenoxy) is 1. The summed E-state index contributed by atoms with van der Waals surface area (Å²) >= 11 is 3.60. The van der Waals surface area contributed by atoms with Gasteiger partial charge in [0, 0.05) is 18.0 Å².